The Morgan fingerprint density at radius 1 is 0.909 bits per heavy atom. The number of ether oxygens (including phenoxy) is 1. The minimum Gasteiger partial charge on any atom is -0.426 e. The van der Waals surface area contributed by atoms with E-state index in [1.807, 2.05) is 66.7 Å². The molecule has 4 rings (SSSR count). The second-order valence-electron chi connectivity index (χ2n) is 8.78. The largest absolute Gasteiger partial charge is 0.426 e. The van der Waals surface area contributed by atoms with E-state index in [9.17, 15) is 9.59 Å². The maximum Gasteiger partial charge on any atom is 0.324 e. The summed E-state index contributed by atoms with van der Waals surface area (Å²) in [4.78, 5) is 24.4. The lowest BCUT2D eigenvalue weighted by atomic mass is 9.92. The number of fused-ring (bicyclic) bond motifs is 1. The van der Waals surface area contributed by atoms with Crippen LogP contribution in [0.2, 0.25) is 0 Å². The standard InChI is InChI=1S/C26H26N4O3/c1-17(31)33-22-15-20(14-18-10-8-9-13-21(18)22)30-24(16-23(29-30)26(2,3)4)28-25(32)27-19-11-6-5-7-12-19/h5-16H,1-4H3,(H2,27,28,32). The highest BCUT2D eigenvalue weighted by atomic mass is 16.5. The Morgan fingerprint density at radius 2 is 1.61 bits per heavy atom. The van der Waals surface area contributed by atoms with Crippen molar-refractivity contribution in [3.63, 3.8) is 0 Å². The molecule has 3 aromatic carbocycles. The Morgan fingerprint density at radius 3 is 2.30 bits per heavy atom. The number of hydrogen-bond donors (Lipinski definition) is 2. The van der Waals surface area contributed by atoms with Crippen molar-refractivity contribution in [2.24, 2.45) is 0 Å². The van der Waals surface area contributed by atoms with E-state index >= 15 is 0 Å². The molecule has 2 N–H and O–H groups in total. The van der Waals surface area contributed by atoms with Gasteiger partial charge in [0.15, 0.2) is 0 Å². The first-order chi connectivity index (χ1) is 15.7. The molecule has 0 bridgehead atoms. The Hall–Kier alpha value is -4.13. The Bertz CT molecular complexity index is 1320. The van der Waals surface area contributed by atoms with Gasteiger partial charge in [0.2, 0.25) is 0 Å². The fourth-order valence-electron chi connectivity index (χ4n) is 3.46. The average molecular weight is 443 g/mol. The van der Waals surface area contributed by atoms with E-state index < -0.39 is 5.97 Å². The van der Waals surface area contributed by atoms with Gasteiger partial charge in [0.1, 0.15) is 11.6 Å². The van der Waals surface area contributed by atoms with Crippen LogP contribution in [0.5, 0.6) is 5.75 Å². The summed E-state index contributed by atoms with van der Waals surface area (Å²) < 4.78 is 7.14. The van der Waals surface area contributed by atoms with Crippen LogP contribution >= 0.6 is 0 Å². The molecular formula is C26H26N4O3. The van der Waals surface area contributed by atoms with Crippen molar-refractivity contribution in [2.75, 3.05) is 10.6 Å². The van der Waals surface area contributed by atoms with Crippen LogP contribution in [0.25, 0.3) is 16.5 Å². The molecule has 0 fully saturated rings. The van der Waals surface area contributed by atoms with Crippen LogP contribution in [-0.4, -0.2) is 21.8 Å². The molecular weight excluding hydrogens is 416 g/mol. The molecule has 2 amide bonds. The zero-order valence-corrected chi connectivity index (χ0v) is 19.0. The molecule has 0 atom stereocenters. The summed E-state index contributed by atoms with van der Waals surface area (Å²) in [5.74, 6) is 0.522. The third-order valence-electron chi connectivity index (χ3n) is 5.06. The SMILES string of the molecule is CC(=O)Oc1cc(-n2nc(C(C)(C)C)cc2NC(=O)Nc2ccccc2)cc2ccccc12. The van der Waals surface area contributed by atoms with Crippen molar-refractivity contribution in [2.45, 2.75) is 33.1 Å². The van der Waals surface area contributed by atoms with Crippen LogP contribution in [0.15, 0.2) is 72.8 Å². The van der Waals surface area contributed by atoms with Gasteiger partial charge in [-0.15, -0.1) is 0 Å². The molecule has 0 saturated carbocycles. The van der Waals surface area contributed by atoms with E-state index in [1.54, 1.807) is 10.7 Å². The van der Waals surface area contributed by atoms with E-state index in [0.717, 1.165) is 16.5 Å². The minimum atomic E-state index is -0.409. The molecule has 0 spiro atoms. The summed E-state index contributed by atoms with van der Waals surface area (Å²) in [5, 5.41) is 12.2. The summed E-state index contributed by atoms with van der Waals surface area (Å²) in [6, 6.07) is 22.0. The third kappa shape index (κ3) is 5.03. The fourth-order valence-corrected chi connectivity index (χ4v) is 3.46. The summed E-state index contributed by atoms with van der Waals surface area (Å²) in [7, 11) is 0. The van der Waals surface area contributed by atoms with Crippen LogP contribution < -0.4 is 15.4 Å². The van der Waals surface area contributed by atoms with E-state index in [2.05, 4.69) is 31.4 Å². The van der Waals surface area contributed by atoms with Gasteiger partial charge in [-0.1, -0.05) is 63.2 Å². The molecule has 1 heterocycles. The maximum atomic E-state index is 12.7. The normalized spacial score (nSPS) is 11.3. The maximum absolute atomic E-state index is 12.7. The van der Waals surface area contributed by atoms with Crippen molar-refractivity contribution in [1.82, 2.24) is 9.78 Å². The number of esters is 1. The lowest BCUT2D eigenvalue weighted by molar-refractivity contribution is -0.131. The lowest BCUT2D eigenvalue weighted by Gasteiger charge is -2.14. The number of carbonyl (C=O) groups excluding carboxylic acids is 2. The highest BCUT2D eigenvalue weighted by Gasteiger charge is 2.22. The smallest absolute Gasteiger partial charge is 0.324 e. The first-order valence-corrected chi connectivity index (χ1v) is 10.7. The van der Waals surface area contributed by atoms with E-state index in [4.69, 9.17) is 9.84 Å². The van der Waals surface area contributed by atoms with E-state index in [1.165, 1.54) is 6.92 Å². The quantitative estimate of drug-likeness (QED) is 0.305. The first-order valence-electron chi connectivity index (χ1n) is 10.7. The summed E-state index contributed by atoms with van der Waals surface area (Å²) in [6.45, 7) is 7.53. The third-order valence-corrected chi connectivity index (χ3v) is 5.06. The van der Waals surface area contributed by atoms with Gasteiger partial charge in [0.25, 0.3) is 0 Å². The molecule has 7 nitrogen and oxygen atoms in total. The highest BCUT2D eigenvalue weighted by Crippen LogP contribution is 2.32. The second-order valence-corrected chi connectivity index (χ2v) is 8.78. The number of para-hydroxylation sites is 1. The summed E-state index contributed by atoms with van der Waals surface area (Å²) in [6.07, 6.45) is 0. The molecule has 0 radical (unpaired) electrons. The van der Waals surface area contributed by atoms with Gasteiger partial charge in [0, 0.05) is 35.5 Å². The van der Waals surface area contributed by atoms with Crippen molar-refractivity contribution >= 4 is 34.3 Å². The minimum absolute atomic E-state index is 0.243. The van der Waals surface area contributed by atoms with Gasteiger partial charge < -0.3 is 10.1 Å². The number of urea groups is 1. The van der Waals surface area contributed by atoms with Gasteiger partial charge >= 0.3 is 12.0 Å². The van der Waals surface area contributed by atoms with Gasteiger partial charge in [-0.2, -0.15) is 5.10 Å². The molecule has 7 heteroatoms. The number of benzene rings is 3. The highest BCUT2D eigenvalue weighted by molar-refractivity contribution is 5.99. The molecule has 0 aliphatic heterocycles. The predicted octanol–water partition coefficient (Wildman–Crippen LogP) is 5.89. The van der Waals surface area contributed by atoms with E-state index in [-0.39, 0.29) is 11.4 Å². The van der Waals surface area contributed by atoms with Crippen molar-refractivity contribution < 1.29 is 14.3 Å². The van der Waals surface area contributed by atoms with Crippen molar-refractivity contribution in [1.29, 1.82) is 0 Å². The Kier molecular flexibility index (Phi) is 5.87. The zero-order chi connectivity index (χ0) is 23.6. The van der Waals surface area contributed by atoms with Gasteiger partial charge in [-0.3, -0.25) is 10.1 Å². The molecule has 33 heavy (non-hydrogen) atoms. The van der Waals surface area contributed by atoms with Crippen molar-refractivity contribution in [3.8, 4) is 11.4 Å². The van der Waals surface area contributed by atoms with Crippen molar-refractivity contribution in [3.05, 3.63) is 78.5 Å². The van der Waals surface area contributed by atoms with Gasteiger partial charge in [-0.25, -0.2) is 9.48 Å². The van der Waals surface area contributed by atoms with Gasteiger partial charge in [0.05, 0.1) is 11.4 Å². The predicted molar refractivity (Wildman–Crippen MR) is 130 cm³/mol. The van der Waals surface area contributed by atoms with Crippen LogP contribution in [0.4, 0.5) is 16.3 Å². The molecule has 168 valence electrons. The lowest BCUT2D eigenvalue weighted by Crippen LogP contribution is -2.21. The number of rotatable bonds is 4. The van der Waals surface area contributed by atoms with Crippen LogP contribution in [0.1, 0.15) is 33.4 Å². The molecule has 0 saturated heterocycles. The summed E-state index contributed by atoms with van der Waals surface area (Å²) >= 11 is 0. The Labute approximate surface area is 192 Å². The second kappa shape index (κ2) is 8.78. The molecule has 0 unspecified atom stereocenters. The molecule has 0 aliphatic rings. The Balaban J connectivity index is 1.78. The topological polar surface area (TPSA) is 85.2 Å². The van der Waals surface area contributed by atoms with Crippen LogP contribution in [0, 0.1) is 0 Å². The van der Waals surface area contributed by atoms with Gasteiger partial charge in [-0.05, 0) is 23.6 Å². The molecule has 4 aromatic rings. The summed E-state index contributed by atoms with van der Waals surface area (Å²) in [5.41, 5.74) is 1.91. The number of nitrogens with zero attached hydrogens (tertiary/aromatic N) is 2. The number of aromatic nitrogens is 2. The first kappa shape index (κ1) is 22.1. The average Bonchev–Trinajstić information content (AvgIpc) is 3.18. The number of nitrogens with one attached hydrogen (secondary N) is 2. The van der Waals surface area contributed by atoms with Crippen LogP contribution in [-0.2, 0) is 10.2 Å². The fraction of sp³-hybridized carbons (Fsp3) is 0.192. The van der Waals surface area contributed by atoms with Crippen LogP contribution in [0.3, 0.4) is 0 Å². The number of anilines is 2. The zero-order valence-electron chi connectivity index (χ0n) is 19.0. The monoisotopic (exact) mass is 442 g/mol. The molecule has 1 aromatic heterocycles. The number of hydrogen-bond acceptors (Lipinski definition) is 4. The molecule has 0 aliphatic carbocycles. The number of amides is 2. The van der Waals surface area contributed by atoms with E-state index in [0.29, 0.717) is 22.9 Å². The number of carbonyl (C=O) groups is 2.